The first-order valence-electron chi connectivity index (χ1n) is 6.31. The molecule has 7 nitrogen and oxygen atoms in total. The standard InChI is InChI=1S/C13H16N2O5S/c1-9-11(12(16)15(9)21(2,18)19)14-13(17)20-8-10-6-4-3-5-7-10/h3-7,9,11H,8H2,1-2H3,(H,14,17)/t9-,11-/m0/s1. The lowest BCUT2D eigenvalue weighted by Gasteiger charge is -2.42. The van der Waals surface area contributed by atoms with E-state index in [9.17, 15) is 18.0 Å². The van der Waals surface area contributed by atoms with Crippen LogP contribution in [0.1, 0.15) is 12.5 Å². The van der Waals surface area contributed by atoms with Crippen molar-refractivity contribution in [3.05, 3.63) is 35.9 Å². The minimum atomic E-state index is -3.60. The molecule has 2 rings (SSSR count). The number of nitrogens with zero attached hydrogens (tertiary/aromatic N) is 1. The van der Waals surface area contributed by atoms with Gasteiger partial charge in [0.05, 0.1) is 12.3 Å². The molecular weight excluding hydrogens is 296 g/mol. The predicted molar refractivity (Wildman–Crippen MR) is 74.7 cm³/mol. The van der Waals surface area contributed by atoms with Crippen LogP contribution in [0.4, 0.5) is 4.79 Å². The van der Waals surface area contributed by atoms with Crippen LogP contribution in [0, 0.1) is 0 Å². The van der Waals surface area contributed by atoms with Gasteiger partial charge in [0.2, 0.25) is 10.0 Å². The Morgan fingerprint density at radius 2 is 1.95 bits per heavy atom. The molecule has 0 radical (unpaired) electrons. The van der Waals surface area contributed by atoms with Crippen LogP contribution >= 0.6 is 0 Å². The van der Waals surface area contributed by atoms with Crippen LogP contribution in [0.2, 0.25) is 0 Å². The van der Waals surface area contributed by atoms with Crippen molar-refractivity contribution in [2.24, 2.45) is 0 Å². The maximum atomic E-state index is 11.7. The van der Waals surface area contributed by atoms with Crippen LogP contribution in [-0.2, 0) is 26.2 Å². The molecule has 1 saturated heterocycles. The minimum Gasteiger partial charge on any atom is -0.445 e. The zero-order valence-corrected chi connectivity index (χ0v) is 12.5. The molecule has 1 fully saturated rings. The summed E-state index contributed by atoms with van der Waals surface area (Å²) in [5.74, 6) is -0.651. The molecule has 2 atom stereocenters. The summed E-state index contributed by atoms with van der Waals surface area (Å²) in [4.78, 5) is 23.3. The molecule has 1 aliphatic rings. The van der Waals surface area contributed by atoms with Crippen molar-refractivity contribution in [2.75, 3.05) is 6.26 Å². The number of carbonyl (C=O) groups is 2. The summed E-state index contributed by atoms with van der Waals surface area (Å²) in [6, 6.07) is 7.60. The molecule has 1 aromatic rings. The molecular formula is C13H16N2O5S. The second-order valence-corrected chi connectivity index (χ2v) is 6.68. The smallest absolute Gasteiger partial charge is 0.408 e. The molecule has 2 amide bonds. The highest BCUT2D eigenvalue weighted by Gasteiger charge is 2.50. The molecule has 1 N–H and O–H groups in total. The summed E-state index contributed by atoms with van der Waals surface area (Å²) in [7, 11) is -3.60. The Bertz CT molecular complexity index is 644. The average molecular weight is 312 g/mol. The number of nitrogens with one attached hydrogen (secondary N) is 1. The molecule has 1 aromatic carbocycles. The highest BCUT2D eigenvalue weighted by atomic mass is 32.2. The van der Waals surface area contributed by atoms with Gasteiger partial charge in [-0.05, 0) is 12.5 Å². The number of amides is 2. The number of rotatable bonds is 4. The Labute approximate surface area is 122 Å². The lowest BCUT2D eigenvalue weighted by atomic mass is 10.0. The van der Waals surface area contributed by atoms with Crippen LogP contribution in [0.5, 0.6) is 0 Å². The van der Waals surface area contributed by atoms with Crippen LogP contribution in [0.3, 0.4) is 0 Å². The van der Waals surface area contributed by atoms with E-state index in [4.69, 9.17) is 4.74 Å². The van der Waals surface area contributed by atoms with Crippen LogP contribution in [-0.4, -0.2) is 43.1 Å². The van der Waals surface area contributed by atoms with Crippen molar-refractivity contribution in [3.8, 4) is 0 Å². The number of carbonyl (C=O) groups excluding carboxylic acids is 2. The van der Waals surface area contributed by atoms with E-state index in [2.05, 4.69) is 5.32 Å². The van der Waals surface area contributed by atoms with Gasteiger partial charge in [-0.25, -0.2) is 17.5 Å². The summed E-state index contributed by atoms with van der Waals surface area (Å²) in [5.41, 5.74) is 0.818. The van der Waals surface area contributed by atoms with Gasteiger partial charge in [0.25, 0.3) is 5.91 Å². The molecule has 0 unspecified atom stereocenters. The second-order valence-electron chi connectivity index (χ2n) is 4.82. The Balaban J connectivity index is 1.86. The quantitative estimate of drug-likeness (QED) is 0.816. The highest BCUT2D eigenvalue weighted by Crippen LogP contribution is 2.23. The fourth-order valence-corrected chi connectivity index (χ4v) is 3.30. The fourth-order valence-electron chi connectivity index (χ4n) is 2.14. The van der Waals surface area contributed by atoms with E-state index in [0.717, 1.165) is 16.1 Å². The third kappa shape index (κ3) is 3.33. The van der Waals surface area contributed by atoms with E-state index in [1.54, 1.807) is 19.1 Å². The summed E-state index contributed by atoms with van der Waals surface area (Å²) < 4.78 is 28.4. The van der Waals surface area contributed by atoms with Gasteiger partial charge in [0, 0.05) is 0 Å². The van der Waals surface area contributed by atoms with Gasteiger partial charge >= 0.3 is 6.09 Å². The molecule has 0 saturated carbocycles. The van der Waals surface area contributed by atoms with Crippen molar-refractivity contribution < 1.29 is 22.7 Å². The topological polar surface area (TPSA) is 92.8 Å². The van der Waals surface area contributed by atoms with Crippen LogP contribution < -0.4 is 5.32 Å². The number of benzene rings is 1. The average Bonchev–Trinajstić information content (AvgIpc) is 2.42. The first kappa shape index (κ1) is 15.3. The summed E-state index contributed by atoms with van der Waals surface area (Å²) in [6.45, 7) is 1.63. The molecule has 114 valence electrons. The molecule has 0 bridgehead atoms. The van der Waals surface area contributed by atoms with Crippen LogP contribution in [0.15, 0.2) is 30.3 Å². The van der Waals surface area contributed by atoms with Crippen LogP contribution in [0.25, 0.3) is 0 Å². The van der Waals surface area contributed by atoms with Gasteiger partial charge in [0.1, 0.15) is 12.6 Å². The molecule has 1 heterocycles. The zero-order chi connectivity index (χ0) is 15.6. The largest absolute Gasteiger partial charge is 0.445 e. The number of sulfonamides is 1. The Morgan fingerprint density at radius 1 is 1.33 bits per heavy atom. The highest BCUT2D eigenvalue weighted by molar-refractivity contribution is 7.89. The number of alkyl carbamates (subject to hydrolysis) is 1. The zero-order valence-electron chi connectivity index (χ0n) is 11.6. The van der Waals surface area contributed by atoms with Crippen molar-refractivity contribution in [1.29, 1.82) is 0 Å². The van der Waals surface area contributed by atoms with Gasteiger partial charge < -0.3 is 10.1 Å². The molecule has 0 aromatic heterocycles. The molecule has 8 heteroatoms. The Hall–Kier alpha value is -2.09. The van der Waals surface area contributed by atoms with Gasteiger partial charge in [-0.1, -0.05) is 30.3 Å². The SMILES string of the molecule is C[C@H]1[C@H](NC(=O)OCc2ccccc2)C(=O)N1S(C)(=O)=O. The van der Waals surface area contributed by atoms with Crippen molar-refractivity contribution >= 4 is 22.0 Å². The van der Waals surface area contributed by atoms with Crippen molar-refractivity contribution in [1.82, 2.24) is 9.62 Å². The van der Waals surface area contributed by atoms with E-state index < -0.39 is 34.1 Å². The van der Waals surface area contributed by atoms with E-state index in [0.29, 0.717) is 0 Å². The van der Waals surface area contributed by atoms with Crippen molar-refractivity contribution in [3.63, 3.8) is 0 Å². The normalized spacial score (nSPS) is 21.6. The molecule has 21 heavy (non-hydrogen) atoms. The third-order valence-electron chi connectivity index (χ3n) is 3.18. The van der Waals surface area contributed by atoms with E-state index in [1.807, 2.05) is 18.2 Å². The third-order valence-corrected chi connectivity index (χ3v) is 4.41. The lowest BCUT2D eigenvalue weighted by molar-refractivity contribution is -0.140. The molecule has 0 spiro atoms. The monoisotopic (exact) mass is 312 g/mol. The number of ether oxygens (including phenoxy) is 1. The second kappa shape index (κ2) is 5.72. The van der Waals surface area contributed by atoms with E-state index in [-0.39, 0.29) is 6.61 Å². The molecule has 0 aliphatic carbocycles. The number of hydrogen-bond acceptors (Lipinski definition) is 5. The van der Waals surface area contributed by atoms with Gasteiger partial charge in [-0.2, -0.15) is 0 Å². The first-order chi connectivity index (χ1) is 9.80. The van der Waals surface area contributed by atoms with Gasteiger partial charge in [0.15, 0.2) is 0 Å². The van der Waals surface area contributed by atoms with E-state index in [1.165, 1.54) is 0 Å². The lowest BCUT2D eigenvalue weighted by Crippen LogP contribution is -2.70. The summed E-state index contributed by atoms with van der Waals surface area (Å²) in [5, 5.41) is 2.37. The van der Waals surface area contributed by atoms with Gasteiger partial charge in [-0.3, -0.25) is 4.79 Å². The first-order valence-corrected chi connectivity index (χ1v) is 8.16. The molecule has 1 aliphatic heterocycles. The fraction of sp³-hybridized carbons (Fsp3) is 0.385. The Kier molecular flexibility index (Phi) is 4.17. The number of β-lactam (4-membered cyclic amide) rings is 1. The predicted octanol–water partition coefficient (Wildman–Crippen LogP) is 0.472. The maximum Gasteiger partial charge on any atom is 0.408 e. The minimum absolute atomic E-state index is 0.0811. The maximum absolute atomic E-state index is 11.7. The Morgan fingerprint density at radius 3 is 2.48 bits per heavy atom. The van der Waals surface area contributed by atoms with E-state index >= 15 is 0 Å². The van der Waals surface area contributed by atoms with Crippen molar-refractivity contribution in [2.45, 2.75) is 25.6 Å². The summed E-state index contributed by atoms with van der Waals surface area (Å²) >= 11 is 0. The van der Waals surface area contributed by atoms with Gasteiger partial charge in [-0.15, -0.1) is 0 Å². The summed E-state index contributed by atoms with van der Waals surface area (Å²) in [6.07, 6.45) is 0.197. The number of hydrogen-bond donors (Lipinski definition) is 1.